The van der Waals surface area contributed by atoms with E-state index in [0.717, 1.165) is 10.8 Å². The van der Waals surface area contributed by atoms with Gasteiger partial charge in [-0.25, -0.2) is 4.98 Å². The molecule has 0 fully saturated rings. The van der Waals surface area contributed by atoms with Gasteiger partial charge in [-0.3, -0.25) is 0 Å². The normalized spacial score (nSPS) is 12.5. The first-order valence-electron chi connectivity index (χ1n) is 6.24. The molecule has 0 unspecified atom stereocenters. The van der Waals surface area contributed by atoms with Gasteiger partial charge >= 0.3 is 15.6 Å². The molecule has 0 radical (unpaired) electrons. The third-order valence-corrected chi connectivity index (χ3v) is 4.93. The predicted molar refractivity (Wildman–Crippen MR) is 80.7 cm³/mol. The first-order chi connectivity index (χ1) is 10.8. The lowest BCUT2D eigenvalue weighted by atomic mass is 10.2. The van der Waals surface area contributed by atoms with Gasteiger partial charge in [0.05, 0.1) is 15.8 Å². The Morgan fingerprint density at radius 2 is 1.65 bits per heavy atom. The molecule has 0 bridgehead atoms. The summed E-state index contributed by atoms with van der Waals surface area (Å²) in [7, 11) is -5.73. The predicted octanol–water partition coefficient (Wildman–Crippen LogP) is 4.19. The number of halogens is 3. The standard InChI is InChI=1S/C14H8F3NO3S2/c15-14(16,17)23(19,20)21-11-7-3-1-5-9(11)13-18-10-6-2-4-8-12(10)22-13/h1-8H. The van der Waals surface area contributed by atoms with Gasteiger partial charge in [-0.1, -0.05) is 24.3 Å². The van der Waals surface area contributed by atoms with Gasteiger partial charge < -0.3 is 4.18 Å². The Hall–Kier alpha value is -2.13. The number of fused-ring (bicyclic) bond motifs is 1. The van der Waals surface area contributed by atoms with Crippen LogP contribution in [-0.4, -0.2) is 18.9 Å². The number of thiazole rings is 1. The minimum absolute atomic E-state index is 0.182. The van der Waals surface area contributed by atoms with E-state index in [0.29, 0.717) is 10.5 Å². The van der Waals surface area contributed by atoms with Crippen LogP contribution in [0, 0.1) is 0 Å². The van der Waals surface area contributed by atoms with E-state index in [-0.39, 0.29) is 5.56 Å². The maximum Gasteiger partial charge on any atom is 0.534 e. The molecule has 120 valence electrons. The van der Waals surface area contributed by atoms with Crippen LogP contribution in [0.4, 0.5) is 13.2 Å². The first kappa shape index (κ1) is 15.8. The van der Waals surface area contributed by atoms with Crippen LogP contribution in [0.15, 0.2) is 48.5 Å². The van der Waals surface area contributed by atoms with E-state index in [2.05, 4.69) is 9.17 Å². The molecule has 23 heavy (non-hydrogen) atoms. The molecule has 1 aromatic heterocycles. The summed E-state index contributed by atoms with van der Waals surface area (Å²) < 4.78 is 65.0. The van der Waals surface area contributed by atoms with Gasteiger partial charge in [-0.2, -0.15) is 21.6 Å². The van der Waals surface area contributed by atoms with Gasteiger partial charge in [0.1, 0.15) is 5.01 Å². The van der Waals surface area contributed by atoms with E-state index in [9.17, 15) is 21.6 Å². The highest BCUT2D eigenvalue weighted by molar-refractivity contribution is 7.88. The SMILES string of the molecule is O=S(=O)(Oc1ccccc1-c1nc2ccccc2s1)C(F)(F)F. The highest BCUT2D eigenvalue weighted by Gasteiger charge is 2.48. The second-order valence-electron chi connectivity index (χ2n) is 4.47. The Morgan fingerprint density at radius 3 is 2.35 bits per heavy atom. The molecular weight excluding hydrogens is 351 g/mol. The lowest BCUT2D eigenvalue weighted by Crippen LogP contribution is -2.28. The van der Waals surface area contributed by atoms with Crippen molar-refractivity contribution in [2.45, 2.75) is 5.51 Å². The van der Waals surface area contributed by atoms with Crippen molar-refractivity contribution >= 4 is 31.7 Å². The number of rotatable bonds is 3. The van der Waals surface area contributed by atoms with Crippen molar-refractivity contribution in [3.8, 4) is 16.3 Å². The smallest absolute Gasteiger partial charge is 0.375 e. The molecule has 0 saturated heterocycles. The van der Waals surface area contributed by atoms with Crippen LogP contribution in [-0.2, 0) is 10.1 Å². The summed E-state index contributed by atoms with van der Waals surface area (Å²) >= 11 is 1.23. The molecule has 0 aliphatic heterocycles. The molecule has 0 saturated carbocycles. The van der Waals surface area contributed by atoms with Crippen LogP contribution in [0.25, 0.3) is 20.8 Å². The second-order valence-corrected chi connectivity index (χ2v) is 7.03. The third-order valence-electron chi connectivity index (χ3n) is 2.89. The topological polar surface area (TPSA) is 56.3 Å². The molecular formula is C14H8F3NO3S2. The summed E-state index contributed by atoms with van der Waals surface area (Å²) in [6, 6.07) is 12.7. The number of aromatic nitrogens is 1. The Labute approximate surface area is 133 Å². The zero-order chi connectivity index (χ0) is 16.7. The van der Waals surface area contributed by atoms with E-state index in [1.165, 1.54) is 23.5 Å². The van der Waals surface area contributed by atoms with E-state index >= 15 is 0 Å². The fourth-order valence-corrected chi connectivity index (χ4v) is 3.34. The summed E-state index contributed by atoms with van der Waals surface area (Å²) in [4.78, 5) is 4.30. The molecule has 0 spiro atoms. The monoisotopic (exact) mass is 359 g/mol. The third kappa shape index (κ3) is 3.02. The molecule has 0 aliphatic carbocycles. The van der Waals surface area contributed by atoms with Crippen molar-refractivity contribution in [3.05, 3.63) is 48.5 Å². The highest BCUT2D eigenvalue weighted by atomic mass is 32.2. The lowest BCUT2D eigenvalue weighted by Gasteiger charge is -2.11. The molecule has 3 aromatic rings. The fraction of sp³-hybridized carbons (Fsp3) is 0.0714. The van der Waals surface area contributed by atoms with E-state index in [1.807, 2.05) is 6.07 Å². The maximum absolute atomic E-state index is 12.5. The maximum atomic E-state index is 12.5. The van der Waals surface area contributed by atoms with E-state index in [1.54, 1.807) is 24.3 Å². The average Bonchev–Trinajstić information content (AvgIpc) is 2.90. The van der Waals surface area contributed by atoms with Crippen molar-refractivity contribution in [3.63, 3.8) is 0 Å². The molecule has 1 heterocycles. The summed E-state index contributed by atoms with van der Waals surface area (Å²) in [5.41, 5.74) is -4.64. The van der Waals surface area contributed by atoms with E-state index < -0.39 is 21.4 Å². The van der Waals surface area contributed by atoms with E-state index in [4.69, 9.17) is 0 Å². The fourth-order valence-electron chi connectivity index (χ4n) is 1.87. The number of alkyl halides is 3. The largest absolute Gasteiger partial charge is 0.534 e. The van der Waals surface area contributed by atoms with Crippen LogP contribution in [0.5, 0.6) is 5.75 Å². The second kappa shape index (κ2) is 5.50. The van der Waals surface area contributed by atoms with Crippen molar-refractivity contribution < 1.29 is 25.8 Å². The van der Waals surface area contributed by atoms with Gasteiger partial charge in [0.15, 0.2) is 5.75 Å². The Morgan fingerprint density at radius 1 is 1.00 bits per heavy atom. The number of para-hydroxylation sites is 2. The van der Waals surface area contributed by atoms with Crippen LogP contribution in [0.3, 0.4) is 0 Å². The van der Waals surface area contributed by atoms with Crippen molar-refractivity contribution in [2.24, 2.45) is 0 Å². The van der Waals surface area contributed by atoms with Crippen molar-refractivity contribution in [1.29, 1.82) is 0 Å². The minimum Gasteiger partial charge on any atom is -0.375 e. The Balaban J connectivity index is 2.08. The molecule has 3 rings (SSSR count). The number of hydrogen-bond donors (Lipinski definition) is 0. The van der Waals surface area contributed by atoms with Gasteiger partial charge in [0, 0.05) is 0 Å². The molecule has 0 aliphatic rings. The summed E-state index contributed by atoms with van der Waals surface area (Å²) in [6.45, 7) is 0. The van der Waals surface area contributed by atoms with Crippen LogP contribution >= 0.6 is 11.3 Å². The Bertz CT molecular complexity index is 932. The summed E-state index contributed by atoms with van der Waals surface area (Å²) in [5, 5.41) is 0.374. The minimum atomic E-state index is -5.73. The number of hydrogen-bond acceptors (Lipinski definition) is 5. The van der Waals surface area contributed by atoms with Crippen molar-refractivity contribution in [1.82, 2.24) is 4.98 Å². The lowest BCUT2D eigenvalue weighted by molar-refractivity contribution is -0.0499. The number of nitrogens with zero attached hydrogens (tertiary/aromatic N) is 1. The molecule has 0 amide bonds. The molecule has 0 N–H and O–H groups in total. The average molecular weight is 359 g/mol. The van der Waals surface area contributed by atoms with Gasteiger partial charge in [0.2, 0.25) is 0 Å². The van der Waals surface area contributed by atoms with Gasteiger partial charge in [0.25, 0.3) is 0 Å². The zero-order valence-corrected chi connectivity index (χ0v) is 12.9. The van der Waals surface area contributed by atoms with Crippen LogP contribution in [0.1, 0.15) is 0 Å². The zero-order valence-electron chi connectivity index (χ0n) is 11.2. The first-order valence-corrected chi connectivity index (χ1v) is 8.46. The summed E-state index contributed by atoms with van der Waals surface area (Å²) in [6.07, 6.45) is 0. The molecule has 0 atom stereocenters. The summed E-state index contributed by atoms with van der Waals surface area (Å²) in [5.74, 6) is -0.413. The van der Waals surface area contributed by atoms with Crippen molar-refractivity contribution in [2.75, 3.05) is 0 Å². The van der Waals surface area contributed by atoms with Gasteiger partial charge in [-0.05, 0) is 24.3 Å². The van der Waals surface area contributed by atoms with Crippen LogP contribution in [0.2, 0.25) is 0 Å². The molecule has 9 heteroatoms. The Kier molecular flexibility index (Phi) is 3.77. The van der Waals surface area contributed by atoms with Gasteiger partial charge in [-0.15, -0.1) is 11.3 Å². The number of benzene rings is 2. The van der Waals surface area contributed by atoms with Crippen LogP contribution < -0.4 is 4.18 Å². The highest BCUT2D eigenvalue weighted by Crippen LogP contribution is 2.37. The molecule has 4 nitrogen and oxygen atoms in total. The quantitative estimate of drug-likeness (QED) is 0.520. The molecule has 2 aromatic carbocycles.